The quantitative estimate of drug-likeness (QED) is 0.228. The normalized spacial score (nSPS) is 10.8. The largest absolute Gasteiger partial charge is 0.466 e. The number of anilines is 3. The number of likely N-dealkylation sites (N-methyl/N-ethyl adjacent to an activating group) is 1. The molecule has 3 aromatic rings. The number of hydrogen-bond donors (Lipinski definition) is 1. The molecule has 0 bridgehead atoms. The molecular formula is C29H32N6O2. The molecule has 1 aromatic heterocycles. The Balaban J connectivity index is 1.70. The van der Waals surface area contributed by atoms with Gasteiger partial charge in [-0.05, 0) is 61.0 Å². The summed E-state index contributed by atoms with van der Waals surface area (Å²) >= 11 is 0. The van der Waals surface area contributed by atoms with Crippen LogP contribution in [0.25, 0.3) is 5.70 Å². The number of rotatable bonds is 11. The number of hydrogen-bond acceptors (Lipinski definition) is 7. The number of nitrogens with one attached hydrogen (secondary N) is 1. The fourth-order valence-electron chi connectivity index (χ4n) is 3.71. The van der Waals surface area contributed by atoms with Gasteiger partial charge in [0.15, 0.2) is 0 Å². The molecule has 0 unspecified atom stereocenters. The van der Waals surface area contributed by atoms with Crippen LogP contribution in [0, 0.1) is 11.3 Å². The Kier molecular flexibility index (Phi) is 9.80. The molecular weight excluding hydrogens is 464 g/mol. The molecule has 0 aliphatic carbocycles. The van der Waals surface area contributed by atoms with Gasteiger partial charge in [0.2, 0.25) is 0 Å². The molecule has 0 radical (unpaired) electrons. The molecule has 0 aliphatic rings. The van der Waals surface area contributed by atoms with Crippen molar-refractivity contribution in [2.45, 2.75) is 13.3 Å². The van der Waals surface area contributed by atoms with Gasteiger partial charge >= 0.3 is 5.97 Å². The standard InChI is InChI=1S/C29H32N6O2/c1-5-37-29(36)17-19-35(27-8-6-7-18-32-27)22(2)24-11-15-26(16-12-24)34(4)28(31-3)21-33-25-13-9-23(20-30)10-14-25/h6-16,18,33H,2,5,17,19,21H2,1,3-4H3. The molecule has 0 aliphatic heterocycles. The van der Waals surface area contributed by atoms with Crippen molar-refractivity contribution < 1.29 is 9.53 Å². The lowest BCUT2D eigenvalue weighted by Crippen LogP contribution is -2.32. The van der Waals surface area contributed by atoms with Gasteiger partial charge in [0.1, 0.15) is 11.7 Å². The fraction of sp³-hybridized carbons (Fsp3) is 0.241. The van der Waals surface area contributed by atoms with E-state index < -0.39 is 0 Å². The van der Waals surface area contributed by atoms with Crippen LogP contribution in [-0.4, -0.2) is 50.6 Å². The van der Waals surface area contributed by atoms with Crippen LogP contribution in [0.4, 0.5) is 17.2 Å². The molecule has 0 atom stereocenters. The number of carbonyl (C=O) groups is 1. The predicted octanol–water partition coefficient (Wildman–Crippen LogP) is 4.96. The predicted molar refractivity (Wildman–Crippen MR) is 150 cm³/mol. The molecule has 0 amide bonds. The molecule has 190 valence electrons. The molecule has 0 fully saturated rings. The highest BCUT2D eigenvalue weighted by Crippen LogP contribution is 2.26. The second kappa shape index (κ2) is 13.4. The van der Waals surface area contributed by atoms with Crippen LogP contribution in [0.5, 0.6) is 0 Å². The number of ether oxygens (including phenoxy) is 1. The van der Waals surface area contributed by atoms with E-state index in [0.29, 0.717) is 31.1 Å². The van der Waals surface area contributed by atoms with Crippen molar-refractivity contribution in [1.29, 1.82) is 5.26 Å². The Labute approximate surface area is 218 Å². The number of pyridine rings is 1. The number of carbonyl (C=O) groups excluding carboxylic acids is 1. The fourth-order valence-corrected chi connectivity index (χ4v) is 3.71. The summed E-state index contributed by atoms with van der Waals surface area (Å²) in [5.74, 6) is 1.31. The maximum Gasteiger partial charge on any atom is 0.307 e. The number of esters is 1. The minimum atomic E-state index is -0.255. The average Bonchev–Trinajstić information content (AvgIpc) is 2.94. The SMILES string of the molecule is C=C(c1ccc(N(C)C(CNc2ccc(C#N)cc2)=NC)cc1)N(CCC(=O)OCC)c1ccccn1. The summed E-state index contributed by atoms with van der Waals surface area (Å²) in [6.07, 6.45) is 1.95. The van der Waals surface area contributed by atoms with Crippen molar-refractivity contribution >= 4 is 34.7 Å². The smallest absolute Gasteiger partial charge is 0.307 e. The second-order valence-corrected chi connectivity index (χ2v) is 8.13. The lowest BCUT2D eigenvalue weighted by Gasteiger charge is -2.26. The highest BCUT2D eigenvalue weighted by Gasteiger charge is 2.16. The first-order valence-electron chi connectivity index (χ1n) is 12.0. The summed E-state index contributed by atoms with van der Waals surface area (Å²) in [4.78, 5) is 24.8. The zero-order chi connectivity index (χ0) is 26.6. The topological polar surface area (TPSA) is 93.9 Å². The first-order chi connectivity index (χ1) is 18.0. The third-order valence-electron chi connectivity index (χ3n) is 5.79. The van der Waals surface area contributed by atoms with Gasteiger partial charge in [-0.15, -0.1) is 0 Å². The summed E-state index contributed by atoms with van der Waals surface area (Å²) < 4.78 is 5.10. The van der Waals surface area contributed by atoms with Crippen LogP contribution in [-0.2, 0) is 9.53 Å². The Morgan fingerprint density at radius 1 is 1.14 bits per heavy atom. The zero-order valence-corrected chi connectivity index (χ0v) is 21.5. The number of nitrogens with zero attached hydrogens (tertiary/aromatic N) is 5. The molecule has 8 nitrogen and oxygen atoms in total. The summed E-state index contributed by atoms with van der Waals surface area (Å²) in [7, 11) is 3.73. The van der Waals surface area contributed by atoms with E-state index in [1.165, 1.54) is 0 Å². The highest BCUT2D eigenvalue weighted by molar-refractivity contribution is 6.00. The van der Waals surface area contributed by atoms with E-state index in [1.54, 1.807) is 32.3 Å². The van der Waals surface area contributed by atoms with Crippen LogP contribution < -0.4 is 15.1 Å². The van der Waals surface area contributed by atoms with E-state index in [-0.39, 0.29) is 12.4 Å². The zero-order valence-electron chi connectivity index (χ0n) is 21.5. The van der Waals surface area contributed by atoms with Gasteiger partial charge in [0, 0.05) is 43.9 Å². The maximum atomic E-state index is 12.0. The van der Waals surface area contributed by atoms with E-state index in [2.05, 4.69) is 27.9 Å². The molecule has 2 aromatic carbocycles. The van der Waals surface area contributed by atoms with Crippen LogP contribution in [0.2, 0.25) is 0 Å². The van der Waals surface area contributed by atoms with Gasteiger partial charge in [0.05, 0.1) is 31.2 Å². The van der Waals surface area contributed by atoms with E-state index in [4.69, 9.17) is 10.00 Å². The van der Waals surface area contributed by atoms with Gasteiger partial charge in [0.25, 0.3) is 0 Å². The molecule has 1 N–H and O–H groups in total. The van der Waals surface area contributed by atoms with Gasteiger partial charge in [-0.3, -0.25) is 9.79 Å². The highest BCUT2D eigenvalue weighted by atomic mass is 16.5. The average molecular weight is 497 g/mol. The third kappa shape index (κ3) is 7.42. The summed E-state index contributed by atoms with van der Waals surface area (Å²) in [6.45, 7) is 7.37. The van der Waals surface area contributed by atoms with Crippen molar-refractivity contribution in [3.63, 3.8) is 0 Å². The minimum absolute atomic E-state index is 0.229. The molecule has 1 heterocycles. The first-order valence-corrected chi connectivity index (χ1v) is 12.0. The third-order valence-corrected chi connectivity index (χ3v) is 5.79. The van der Waals surface area contributed by atoms with Crippen LogP contribution in [0.15, 0.2) is 84.5 Å². The summed E-state index contributed by atoms with van der Waals surface area (Å²) in [5, 5.41) is 12.3. The summed E-state index contributed by atoms with van der Waals surface area (Å²) in [5.41, 5.74) is 4.16. The lowest BCUT2D eigenvalue weighted by atomic mass is 10.1. The molecule has 3 rings (SSSR count). The lowest BCUT2D eigenvalue weighted by molar-refractivity contribution is -0.142. The van der Waals surface area contributed by atoms with Gasteiger partial charge in [-0.25, -0.2) is 4.98 Å². The van der Waals surface area contributed by atoms with E-state index in [0.717, 1.165) is 28.5 Å². The Hall–Kier alpha value is -4.64. The Bertz CT molecular complexity index is 1250. The van der Waals surface area contributed by atoms with Crippen molar-refractivity contribution in [1.82, 2.24) is 4.98 Å². The number of amidine groups is 1. The van der Waals surface area contributed by atoms with Gasteiger partial charge in [-0.1, -0.05) is 24.8 Å². The molecule has 37 heavy (non-hydrogen) atoms. The molecule has 0 saturated heterocycles. The molecule has 0 spiro atoms. The van der Waals surface area contributed by atoms with E-state index in [9.17, 15) is 4.79 Å². The number of nitriles is 1. The Morgan fingerprint density at radius 2 is 1.86 bits per heavy atom. The van der Waals surface area contributed by atoms with Crippen LogP contribution >= 0.6 is 0 Å². The van der Waals surface area contributed by atoms with E-state index >= 15 is 0 Å². The minimum Gasteiger partial charge on any atom is -0.466 e. The second-order valence-electron chi connectivity index (χ2n) is 8.13. The molecule has 8 heteroatoms. The van der Waals surface area contributed by atoms with Crippen molar-refractivity contribution in [2.24, 2.45) is 4.99 Å². The first kappa shape index (κ1) is 27.0. The van der Waals surface area contributed by atoms with Crippen molar-refractivity contribution in [3.8, 4) is 6.07 Å². The van der Waals surface area contributed by atoms with Crippen molar-refractivity contribution in [2.75, 3.05) is 48.9 Å². The van der Waals surface area contributed by atoms with Gasteiger partial charge < -0.3 is 19.9 Å². The van der Waals surface area contributed by atoms with Crippen molar-refractivity contribution in [3.05, 3.63) is 90.6 Å². The Morgan fingerprint density at radius 3 is 2.46 bits per heavy atom. The number of benzene rings is 2. The maximum absolute atomic E-state index is 12.0. The number of aromatic nitrogens is 1. The molecule has 0 saturated carbocycles. The van der Waals surface area contributed by atoms with Gasteiger partial charge in [-0.2, -0.15) is 5.26 Å². The van der Waals surface area contributed by atoms with Crippen LogP contribution in [0.1, 0.15) is 24.5 Å². The number of aliphatic imine (C=N–C) groups is 1. The van der Waals surface area contributed by atoms with E-state index in [1.807, 2.05) is 71.4 Å². The summed E-state index contributed by atoms with van der Waals surface area (Å²) in [6, 6.07) is 23.1. The monoisotopic (exact) mass is 496 g/mol. The van der Waals surface area contributed by atoms with Crippen LogP contribution in [0.3, 0.4) is 0 Å².